The fourth-order valence-electron chi connectivity index (χ4n) is 4.19. The summed E-state index contributed by atoms with van der Waals surface area (Å²) >= 11 is 0. The molecule has 162 valence electrons. The van der Waals surface area contributed by atoms with Gasteiger partial charge in [0.05, 0.1) is 0 Å². The third-order valence-corrected chi connectivity index (χ3v) is 5.87. The molecule has 1 amide bonds. The number of likely N-dealkylation sites (N-methyl/N-ethyl adjacent to an activating group) is 1. The van der Waals surface area contributed by atoms with Gasteiger partial charge in [-0.3, -0.25) is 9.36 Å². The van der Waals surface area contributed by atoms with Crippen LogP contribution >= 0.6 is 0 Å². The van der Waals surface area contributed by atoms with E-state index in [0.717, 1.165) is 55.0 Å². The summed E-state index contributed by atoms with van der Waals surface area (Å²) in [7, 11) is 4.09. The average Bonchev–Trinajstić information content (AvgIpc) is 3.09. The molecule has 0 bridgehead atoms. The molecule has 1 aliphatic rings. The Hall–Kier alpha value is -2.99. The third kappa shape index (κ3) is 5.02. The van der Waals surface area contributed by atoms with Crippen LogP contribution in [0.3, 0.4) is 0 Å². The molecule has 1 atom stereocenters. The average molecular weight is 418 g/mol. The van der Waals surface area contributed by atoms with Crippen molar-refractivity contribution in [1.82, 2.24) is 24.6 Å². The van der Waals surface area contributed by atoms with E-state index >= 15 is 0 Å². The molecule has 0 fully saturated rings. The van der Waals surface area contributed by atoms with E-state index in [0.29, 0.717) is 13.1 Å². The van der Waals surface area contributed by atoms with Crippen LogP contribution in [-0.2, 0) is 17.8 Å². The number of aryl methyl sites for hydroxylation is 1. The predicted molar refractivity (Wildman–Crippen MR) is 122 cm³/mol. The zero-order chi connectivity index (χ0) is 21.6. The summed E-state index contributed by atoms with van der Waals surface area (Å²) < 4.78 is 2.11. The summed E-state index contributed by atoms with van der Waals surface area (Å²) in [5, 5.41) is 8.97. The Morgan fingerprint density at radius 1 is 0.968 bits per heavy atom. The zero-order valence-corrected chi connectivity index (χ0v) is 18.4. The van der Waals surface area contributed by atoms with Crippen molar-refractivity contribution in [2.75, 3.05) is 27.2 Å². The van der Waals surface area contributed by atoms with E-state index in [4.69, 9.17) is 0 Å². The van der Waals surface area contributed by atoms with Crippen LogP contribution in [0.2, 0.25) is 0 Å². The van der Waals surface area contributed by atoms with Gasteiger partial charge in [-0.05, 0) is 32.5 Å². The lowest BCUT2D eigenvalue weighted by atomic mass is 10.1. The first-order chi connectivity index (χ1) is 15.1. The van der Waals surface area contributed by atoms with Crippen LogP contribution in [0.4, 0.5) is 0 Å². The minimum atomic E-state index is -0.270. The highest BCUT2D eigenvalue weighted by Crippen LogP contribution is 2.31. The van der Waals surface area contributed by atoms with Crippen molar-refractivity contribution < 1.29 is 4.79 Å². The molecule has 1 aromatic heterocycles. The van der Waals surface area contributed by atoms with Gasteiger partial charge >= 0.3 is 0 Å². The van der Waals surface area contributed by atoms with E-state index in [1.807, 2.05) is 67.5 Å². The maximum Gasteiger partial charge on any atom is 0.246 e. The normalized spacial score (nSPS) is 16.0. The molecule has 6 nitrogen and oxygen atoms in total. The lowest BCUT2D eigenvalue weighted by molar-refractivity contribution is -0.135. The van der Waals surface area contributed by atoms with Crippen molar-refractivity contribution in [3.63, 3.8) is 0 Å². The minimum Gasteiger partial charge on any atom is -0.335 e. The molecule has 0 radical (unpaired) electrons. The smallest absolute Gasteiger partial charge is 0.246 e. The van der Waals surface area contributed by atoms with Crippen molar-refractivity contribution in [2.45, 2.75) is 38.3 Å². The summed E-state index contributed by atoms with van der Waals surface area (Å²) in [6.07, 6.45) is 3.73. The Labute approximate surface area is 184 Å². The highest BCUT2D eigenvalue weighted by atomic mass is 16.2. The van der Waals surface area contributed by atoms with E-state index in [-0.39, 0.29) is 11.9 Å². The summed E-state index contributed by atoms with van der Waals surface area (Å²) in [6.45, 7) is 2.13. The van der Waals surface area contributed by atoms with E-state index in [9.17, 15) is 4.79 Å². The van der Waals surface area contributed by atoms with Gasteiger partial charge in [0.25, 0.3) is 0 Å². The number of fused-ring (bicyclic) bond motifs is 1. The molecule has 1 aliphatic heterocycles. The molecule has 0 saturated heterocycles. The molecule has 0 spiro atoms. The van der Waals surface area contributed by atoms with Gasteiger partial charge < -0.3 is 9.80 Å². The Bertz CT molecular complexity index is 984. The maximum atomic E-state index is 13.9. The largest absolute Gasteiger partial charge is 0.335 e. The lowest BCUT2D eigenvalue weighted by Crippen LogP contribution is -2.40. The second-order valence-electron chi connectivity index (χ2n) is 8.49. The number of carbonyl (C=O) groups is 1. The minimum absolute atomic E-state index is 0.158. The molecule has 0 saturated carbocycles. The second kappa shape index (κ2) is 9.88. The van der Waals surface area contributed by atoms with Gasteiger partial charge in [-0.25, -0.2) is 0 Å². The van der Waals surface area contributed by atoms with Gasteiger partial charge in [-0.15, -0.1) is 10.2 Å². The SMILES string of the molecule is CN(C)CCN(Cc1ccccc1)C(=O)[C@@H]1CCCCc2nnc(-c3ccccc3)n21. The van der Waals surface area contributed by atoms with Crippen LogP contribution in [0, 0.1) is 0 Å². The number of nitrogens with zero attached hydrogens (tertiary/aromatic N) is 5. The van der Waals surface area contributed by atoms with Crippen molar-refractivity contribution >= 4 is 5.91 Å². The number of rotatable bonds is 7. The highest BCUT2D eigenvalue weighted by Gasteiger charge is 2.32. The molecule has 2 heterocycles. The van der Waals surface area contributed by atoms with Crippen molar-refractivity contribution in [3.8, 4) is 11.4 Å². The van der Waals surface area contributed by atoms with Crippen LogP contribution in [-0.4, -0.2) is 57.7 Å². The second-order valence-corrected chi connectivity index (χ2v) is 8.49. The molecular formula is C25H31N5O. The van der Waals surface area contributed by atoms with Crippen molar-refractivity contribution in [3.05, 3.63) is 72.1 Å². The molecule has 4 rings (SSSR count). The fourth-order valence-corrected chi connectivity index (χ4v) is 4.19. The zero-order valence-electron chi connectivity index (χ0n) is 18.4. The molecule has 0 unspecified atom stereocenters. The van der Waals surface area contributed by atoms with Gasteiger partial charge in [0.15, 0.2) is 5.82 Å². The van der Waals surface area contributed by atoms with E-state index in [1.165, 1.54) is 0 Å². The number of hydrogen-bond acceptors (Lipinski definition) is 4. The molecule has 2 aromatic carbocycles. The predicted octanol–water partition coefficient (Wildman–Crippen LogP) is 3.80. The van der Waals surface area contributed by atoms with E-state index in [1.54, 1.807) is 0 Å². The monoisotopic (exact) mass is 417 g/mol. The van der Waals surface area contributed by atoms with Crippen LogP contribution in [0.5, 0.6) is 0 Å². The number of carbonyl (C=O) groups excluding carboxylic acids is 1. The van der Waals surface area contributed by atoms with Crippen molar-refractivity contribution in [1.29, 1.82) is 0 Å². The molecule has 3 aromatic rings. The Kier molecular flexibility index (Phi) is 6.77. The van der Waals surface area contributed by atoms with E-state index < -0.39 is 0 Å². The highest BCUT2D eigenvalue weighted by molar-refractivity contribution is 5.81. The molecule has 0 aliphatic carbocycles. The third-order valence-electron chi connectivity index (χ3n) is 5.87. The molecule has 0 N–H and O–H groups in total. The first-order valence-electron chi connectivity index (χ1n) is 11.1. The van der Waals surface area contributed by atoms with Crippen LogP contribution in [0.1, 0.15) is 36.7 Å². The summed E-state index contributed by atoms with van der Waals surface area (Å²) in [5.74, 6) is 1.87. The number of benzene rings is 2. The van der Waals surface area contributed by atoms with Gasteiger partial charge in [-0.1, -0.05) is 67.1 Å². The molecule has 31 heavy (non-hydrogen) atoms. The van der Waals surface area contributed by atoms with Gasteiger partial charge in [0, 0.05) is 31.6 Å². The first-order valence-corrected chi connectivity index (χ1v) is 11.1. The van der Waals surface area contributed by atoms with Gasteiger partial charge in [-0.2, -0.15) is 0 Å². The number of hydrogen-bond donors (Lipinski definition) is 0. The van der Waals surface area contributed by atoms with Crippen molar-refractivity contribution in [2.24, 2.45) is 0 Å². The number of amides is 1. The topological polar surface area (TPSA) is 54.3 Å². The number of aromatic nitrogens is 3. The molecule has 6 heteroatoms. The lowest BCUT2D eigenvalue weighted by Gasteiger charge is -2.30. The Balaban J connectivity index is 1.68. The summed E-state index contributed by atoms with van der Waals surface area (Å²) in [5.41, 5.74) is 2.15. The Morgan fingerprint density at radius 3 is 2.39 bits per heavy atom. The van der Waals surface area contributed by atoms with E-state index in [2.05, 4.69) is 31.8 Å². The standard InChI is InChI=1S/C25H31N5O/c1-28(2)17-18-29(19-20-11-5-3-6-12-20)25(31)22-15-9-10-16-23-26-27-24(30(22)23)21-13-7-4-8-14-21/h3-8,11-14,22H,9-10,15-19H2,1-2H3/t22-/m0/s1. The maximum absolute atomic E-state index is 13.9. The van der Waals surface area contributed by atoms with Crippen LogP contribution in [0.25, 0.3) is 11.4 Å². The van der Waals surface area contributed by atoms with Crippen LogP contribution < -0.4 is 0 Å². The molecular weight excluding hydrogens is 386 g/mol. The van der Waals surface area contributed by atoms with Gasteiger partial charge in [0.2, 0.25) is 5.91 Å². The quantitative estimate of drug-likeness (QED) is 0.587. The summed E-state index contributed by atoms with van der Waals surface area (Å²) in [6, 6.07) is 20.0. The Morgan fingerprint density at radius 2 is 1.68 bits per heavy atom. The first kappa shape index (κ1) is 21.2. The van der Waals surface area contributed by atoms with Crippen LogP contribution in [0.15, 0.2) is 60.7 Å². The fraction of sp³-hybridized carbons (Fsp3) is 0.400. The summed E-state index contributed by atoms with van der Waals surface area (Å²) in [4.78, 5) is 18.1. The van der Waals surface area contributed by atoms with Gasteiger partial charge in [0.1, 0.15) is 11.9 Å².